The van der Waals surface area contributed by atoms with E-state index < -0.39 is 0 Å². The van der Waals surface area contributed by atoms with Crippen LogP contribution in [0, 0.1) is 0 Å². The van der Waals surface area contributed by atoms with Crippen LogP contribution < -0.4 is 19.9 Å². The largest absolute Gasteiger partial charge is 0.491 e. The molecule has 2 N–H and O–H groups in total. The van der Waals surface area contributed by atoms with Crippen LogP contribution in [-0.2, 0) is 6.42 Å². The van der Waals surface area contributed by atoms with E-state index in [9.17, 15) is 0 Å². The number of ether oxygens (including phenoxy) is 3. The van der Waals surface area contributed by atoms with E-state index in [-0.39, 0.29) is 0 Å². The Labute approximate surface area is 123 Å². The fourth-order valence-corrected chi connectivity index (χ4v) is 2.34. The number of nitrogen functional groups attached to an aromatic ring is 1. The Morgan fingerprint density at radius 1 is 1.10 bits per heavy atom. The molecule has 0 fully saturated rings. The highest BCUT2D eigenvalue weighted by molar-refractivity contribution is 5.62. The quantitative estimate of drug-likeness (QED) is 0.675. The van der Waals surface area contributed by atoms with Gasteiger partial charge in [0.2, 0.25) is 0 Å². The van der Waals surface area contributed by atoms with Gasteiger partial charge in [-0.1, -0.05) is 0 Å². The molecule has 0 saturated carbocycles. The molecule has 1 aromatic carbocycles. The van der Waals surface area contributed by atoms with Gasteiger partial charge in [0.1, 0.15) is 30.5 Å². The van der Waals surface area contributed by atoms with Crippen molar-refractivity contribution >= 4 is 5.69 Å². The zero-order valence-corrected chi connectivity index (χ0v) is 11.7. The Bertz CT molecular complexity index is 602. The van der Waals surface area contributed by atoms with Crippen molar-refractivity contribution in [3.05, 3.63) is 42.2 Å². The van der Waals surface area contributed by atoms with E-state index >= 15 is 0 Å². The minimum absolute atomic E-state index is 0.471. The molecule has 2 aromatic rings. The molecule has 5 nitrogen and oxygen atoms in total. The van der Waals surface area contributed by atoms with Crippen molar-refractivity contribution in [1.29, 1.82) is 0 Å². The Morgan fingerprint density at radius 3 is 2.76 bits per heavy atom. The van der Waals surface area contributed by atoms with E-state index in [0.29, 0.717) is 25.5 Å². The number of nitrogens with two attached hydrogens (primary N) is 1. The summed E-state index contributed by atoms with van der Waals surface area (Å²) in [6.45, 7) is 1.66. The number of anilines is 1. The number of nitrogens with zero attached hydrogens (tertiary/aromatic N) is 1. The number of fused-ring (bicyclic) bond motifs is 1. The van der Waals surface area contributed by atoms with Crippen molar-refractivity contribution < 1.29 is 14.2 Å². The van der Waals surface area contributed by atoms with Gasteiger partial charge in [-0.25, -0.2) is 0 Å². The molecule has 1 aliphatic heterocycles. The Morgan fingerprint density at radius 2 is 1.90 bits per heavy atom. The van der Waals surface area contributed by atoms with E-state index in [2.05, 4.69) is 4.98 Å². The maximum absolute atomic E-state index is 5.93. The Kier molecular flexibility index (Phi) is 4.09. The lowest BCUT2D eigenvalue weighted by atomic mass is 10.0. The minimum Gasteiger partial charge on any atom is -0.491 e. The zero-order valence-electron chi connectivity index (χ0n) is 11.7. The van der Waals surface area contributed by atoms with Crippen LogP contribution in [-0.4, -0.2) is 24.8 Å². The lowest BCUT2D eigenvalue weighted by Crippen LogP contribution is -2.14. The second kappa shape index (κ2) is 6.35. The topological polar surface area (TPSA) is 66.6 Å². The van der Waals surface area contributed by atoms with Crippen molar-refractivity contribution in [2.45, 2.75) is 12.8 Å². The molecule has 110 valence electrons. The average Bonchev–Trinajstić information content (AvgIpc) is 2.55. The first-order valence-electron chi connectivity index (χ1n) is 7.04. The van der Waals surface area contributed by atoms with Crippen LogP contribution in [0.1, 0.15) is 12.0 Å². The summed E-state index contributed by atoms with van der Waals surface area (Å²) in [7, 11) is 0. The highest BCUT2D eigenvalue weighted by Crippen LogP contribution is 2.37. The van der Waals surface area contributed by atoms with Gasteiger partial charge in [0.15, 0.2) is 0 Å². The molecule has 0 bridgehead atoms. The van der Waals surface area contributed by atoms with Crippen molar-refractivity contribution in [2.75, 3.05) is 25.6 Å². The van der Waals surface area contributed by atoms with Gasteiger partial charge < -0.3 is 19.9 Å². The first-order chi connectivity index (χ1) is 10.3. The lowest BCUT2D eigenvalue weighted by Gasteiger charge is -2.21. The molecule has 0 aliphatic carbocycles. The number of benzene rings is 1. The molecule has 5 heteroatoms. The van der Waals surface area contributed by atoms with Gasteiger partial charge in [-0.15, -0.1) is 0 Å². The van der Waals surface area contributed by atoms with Crippen LogP contribution in [0.3, 0.4) is 0 Å². The maximum Gasteiger partial charge on any atom is 0.149 e. The molecule has 0 amide bonds. The van der Waals surface area contributed by atoms with Gasteiger partial charge in [0.25, 0.3) is 0 Å². The summed E-state index contributed by atoms with van der Waals surface area (Å²) in [6, 6.07) is 7.36. The summed E-state index contributed by atoms with van der Waals surface area (Å²) < 4.78 is 17.0. The molecule has 2 heterocycles. The van der Waals surface area contributed by atoms with Gasteiger partial charge >= 0.3 is 0 Å². The summed E-state index contributed by atoms with van der Waals surface area (Å²) in [5, 5.41) is 0. The number of rotatable bonds is 5. The van der Waals surface area contributed by atoms with Crippen molar-refractivity contribution in [3.63, 3.8) is 0 Å². The predicted octanol–water partition coefficient (Wildman–Crippen LogP) is 2.45. The van der Waals surface area contributed by atoms with E-state index in [0.717, 1.165) is 35.7 Å². The van der Waals surface area contributed by atoms with Crippen LogP contribution >= 0.6 is 0 Å². The molecule has 0 radical (unpaired) electrons. The van der Waals surface area contributed by atoms with E-state index in [1.165, 1.54) is 0 Å². The number of hydrogen-bond donors (Lipinski definition) is 1. The third-order valence-electron chi connectivity index (χ3n) is 3.32. The number of aromatic nitrogens is 1. The summed E-state index contributed by atoms with van der Waals surface area (Å²) in [6.07, 6.45) is 5.31. The van der Waals surface area contributed by atoms with Crippen molar-refractivity contribution in [3.8, 4) is 17.2 Å². The first kappa shape index (κ1) is 13.5. The Hall–Kier alpha value is -2.43. The van der Waals surface area contributed by atoms with E-state index in [1.807, 2.05) is 24.3 Å². The molecule has 3 rings (SSSR count). The summed E-state index contributed by atoms with van der Waals surface area (Å²) in [5.74, 6) is 2.39. The fraction of sp³-hybridized carbons (Fsp3) is 0.312. The van der Waals surface area contributed by atoms with Gasteiger partial charge in [-0.3, -0.25) is 4.98 Å². The third-order valence-corrected chi connectivity index (χ3v) is 3.32. The zero-order chi connectivity index (χ0) is 14.5. The SMILES string of the molecule is Nc1ccc(OCCOc2ccncc2)c2c1OCCC2. The Balaban J connectivity index is 1.58. The average molecular weight is 286 g/mol. The summed E-state index contributed by atoms with van der Waals surface area (Å²) >= 11 is 0. The third kappa shape index (κ3) is 3.18. The molecular formula is C16H18N2O3. The first-order valence-corrected chi connectivity index (χ1v) is 7.04. The van der Waals surface area contributed by atoms with Crippen LogP contribution in [0.5, 0.6) is 17.2 Å². The summed E-state index contributed by atoms with van der Waals surface area (Å²) in [5.41, 5.74) is 7.66. The van der Waals surface area contributed by atoms with Gasteiger partial charge in [-0.05, 0) is 37.1 Å². The van der Waals surface area contributed by atoms with Crippen LogP contribution in [0.25, 0.3) is 0 Å². The molecule has 1 aliphatic rings. The standard InChI is InChI=1S/C16H18N2O3/c17-14-3-4-15(13-2-1-9-21-16(13)14)20-11-10-19-12-5-7-18-8-6-12/h3-8H,1-2,9-11,17H2. The van der Waals surface area contributed by atoms with Crippen molar-refractivity contribution in [2.24, 2.45) is 0 Å². The summed E-state index contributed by atoms with van der Waals surface area (Å²) in [4.78, 5) is 3.94. The van der Waals surface area contributed by atoms with Gasteiger partial charge in [-0.2, -0.15) is 0 Å². The number of hydrogen-bond acceptors (Lipinski definition) is 5. The number of pyridine rings is 1. The molecule has 1 aromatic heterocycles. The second-order valence-corrected chi connectivity index (χ2v) is 4.79. The highest BCUT2D eigenvalue weighted by atomic mass is 16.5. The van der Waals surface area contributed by atoms with Gasteiger partial charge in [0, 0.05) is 18.0 Å². The van der Waals surface area contributed by atoms with E-state index in [1.54, 1.807) is 12.4 Å². The predicted molar refractivity (Wildman–Crippen MR) is 79.9 cm³/mol. The fourth-order valence-electron chi connectivity index (χ4n) is 2.34. The molecule has 0 atom stereocenters. The highest BCUT2D eigenvalue weighted by Gasteiger charge is 2.18. The second-order valence-electron chi connectivity index (χ2n) is 4.79. The van der Waals surface area contributed by atoms with E-state index in [4.69, 9.17) is 19.9 Å². The minimum atomic E-state index is 0.471. The molecule has 0 spiro atoms. The maximum atomic E-state index is 5.93. The molecule has 0 saturated heterocycles. The molecule has 0 unspecified atom stereocenters. The normalized spacial score (nSPS) is 13.1. The monoisotopic (exact) mass is 286 g/mol. The molecular weight excluding hydrogens is 268 g/mol. The van der Waals surface area contributed by atoms with Crippen molar-refractivity contribution in [1.82, 2.24) is 4.98 Å². The lowest BCUT2D eigenvalue weighted by molar-refractivity contribution is 0.212. The van der Waals surface area contributed by atoms with Crippen LogP contribution in [0.15, 0.2) is 36.7 Å². The smallest absolute Gasteiger partial charge is 0.149 e. The van der Waals surface area contributed by atoms with Crippen LogP contribution in [0.2, 0.25) is 0 Å². The van der Waals surface area contributed by atoms with Gasteiger partial charge in [0.05, 0.1) is 12.3 Å². The van der Waals surface area contributed by atoms with Crippen LogP contribution in [0.4, 0.5) is 5.69 Å². The molecule has 21 heavy (non-hydrogen) atoms.